The van der Waals surface area contributed by atoms with Gasteiger partial charge in [-0.15, -0.1) is 0 Å². The van der Waals surface area contributed by atoms with Crippen molar-refractivity contribution in [2.75, 3.05) is 18.0 Å². The van der Waals surface area contributed by atoms with Gasteiger partial charge in [0.05, 0.1) is 17.2 Å². The molecule has 29 heavy (non-hydrogen) atoms. The predicted molar refractivity (Wildman–Crippen MR) is 96.9 cm³/mol. The molecule has 2 aromatic carbocycles. The van der Waals surface area contributed by atoms with Gasteiger partial charge in [0.1, 0.15) is 5.41 Å². The van der Waals surface area contributed by atoms with Crippen molar-refractivity contribution >= 4 is 17.3 Å². The number of rotatable bonds is 2. The topological polar surface area (TPSA) is 27.0 Å². The van der Waals surface area contributed by atoms with E-state index in [0.717, 1.165) is 12.1 Å². The van der Waals surface area contributed by atoms with Crippen molar-refractivity contribution in [1.82, 2.24) is 0 Å². The van der Waals surface area contributed by atoms with Crippen LogP contribution in [0.4, 0.5) is 32.0 Å². The molecule has 0 saturated carbocycles. The zero-order valence-corrected chi connectivity index (χ0v) is 15.9. The second-order valence-electron chi connectivity index (χ2n) is 7.11. The van der Waals surface area contributed by atoms with Gasteiger partial charge in [0.2, 0.25) is 0 Å². The van der Waals surface area contributed by atoms with Crippen LogP contribution >= 0.6 is 11.6 Å². The summed E-state index contributed by atoms with van der Waals surface area (Å²) >= 11 is 5.96. The average molecular weight is 433 g/mol. The van der Waals surface area contributed by atoms with Crippen LogP contribution in [0.2, 0.25) is 5.02 Å². The highest BCUT2D eigenvalue weighted by Crippen LogP contribution is 2.49. The molecule has 154 valence electrons. The lowest BCUT2D eigenvalue weighted by Crippen LogP contribution is -2.45. The number of alkyl halides is 6. The minimum atomic E-state index is -4.79. The normalized spacial score (nSPS) is 20.0. The summed E-state index contributed by atoms with van der Waals surface area (Å²) in [6.07, 6.45) is -9.73. The van der Waals surface area contributed by atoms with E-state index in [-0.39, 0.29) is 29.2 Å². The van der Waals surface area contributed by atoms with Crippen LogP contribution in [-0.4, -0.2) is 19.3 Å². The van der Waals surface area contributed by atoms with Crippen LogP contribution in [0.5, 0.6) is 0 Å². The third-order valence-electron chi connectivity index (χ3n) is 5.20. The summed E-state index contributed by atoms with van der Waals surface area (Å²) in [4.78, 5) is 1.26. The third-order valence-corrected chi connectivity index (χ3v) is 5.42. The Morgan fingerprint density at radius 1 is 1.07 bits per heavy atom. The highest BCUT2D eigenvalue weighted by atomic mass is 35.5. The predicted octanol–water partition coefficient (Wildman–Crippen LogP) is 6.25. The maximum absolute atomic E-state index is 14.1. The summed E-state index contributed by atoms with van der Waals surface area (Å²) in [7, 11) is 0. The molecule has 0 N–H and O–H groups in total. The van der Waals surface area contributed by atoms with Crippen LogP contribution in [0, 0.1) is 18.3 Å². The standard InChI is InChI=1S/C20H15ClF6N2/c1-12-6-14(8-15(21)7-12)18(20(25,26)27)4-5-29(11-18)16-3-2-13(10-28)17(9-16)19(22,23)24/h2-3,6-9H,4-5,11H2,1H3. The number of benzene rings is 2. The molecule has 1 atom stereocenters. The first-order valence-corrected chi connectivity index (χ1v) is 8.96. The SMILES string of the molecule is Cc1cc(Cl)cc(C2(C(F)(F)F)CCN(c3ccc(C#N)c(C(F)(F)F)c3)C2)c1. The quantitative estimate of drug-likeness (QED) is 0.524. The van der Waals surface area contributed by atoms with Crippen LogP contribution in [0.15, 0.2) is 36.4 Å². The average Bonchev–Trinajstić information content (AvgIpc) is 3.06. The maximum Gasteiger partial charge on any atom is 0.417 e. The van der Waals surface area contributed by atoms with Crippen molar-refractivity contribution < 1.29 is 26.3 Å². The van der Waals surface area contributed by atoms with Crippen LogP contribution in [0.3, 0.4) is 0 Å². The highest BCUT2D eigenvalue weighted by molar-refractivity contribution is 6.30. The zero-order valence-electron chi connectivity index (χ0n) is 15.1. The molecule has 0 aliphatic carbocycles. The molecule has 0 aromatic heterocycles. The number of hydrogen-bond acceptors (Lipinski definition) is 2. The first-order valence-electron chi connectivity index (χ1n) is 8.58. The Labute approximate surface area is 168 Å². The molecule has 1 heterocycles. The second-order valence-corrected chi connectivity index (χ2v) is 7.54. The Hall–Kier alpha value is -2.40. The fraction of sp³-hybridized carbons (Fsp3) is 0.350. The Kier molecular flexibility index (Phi) is 5.24. The Morgan fingerprint density at radius 2 is 1.76 bits per heavy atom. The second kappa shape index (κ2) is 7.13. The van der Waals surface area contributed by atoms with E-state index in [4.69, 9.17) is 16.9 Å². The summed E-state index contributed by atoms with van der Waals surface area (Å²) < 4.78 is 82.1. The zero-order chi connectivity index (χ0) is 21.6. The van der Waals surface area contributed by atoms with Crippen molar-refractivity contribution in [3.05, 3.63) is 63.7 Å². The number of hydrogen-bond donors (Lipinski definition) is 0. The largest absolute Gasteiger partial charge is 0.417 e. The van der Waals surface area contributed by atoms with Crippen molar-refractivity contribution in [3.8, 4) is 6.07 Å². The minimum absolute atomic E-state index is 0.0119. The summed E-state index contributed by atoms with van der Waals surface area (Å²) in [6.45, 7) is 0.996. The lowest BCUT2D eigenvalue weighted by molar-refractivity contribution is -0.184. The van der Waals surface area contributed by atoms with Gasteiger partial charge in [-0.2, -0.15) is 31.6 Å². The molecule has 1 fully saturated rings. The van der Waals surface area contributed by atoms with Crippen LogP contribution < -0.4 is 4.90 Å². The molecular weight excluding hydrogens is 418 g/mol. The van der Waals surface area contributed by atoms with Crippen molar-refractivity contribution in [2.45, 2.75) is 31.1 Å². The van der Waals surface area contributed by atoms with E-state index in [1.807, 2.05) is 0 Å². The summed E-state index contributed by atoms with van der Waals surface area (Å²) in [5.74, 6) is 0. The molecule has 2 nitrogen and oxygen atoms in total. The highest BCUT2D eigenvalue weighted by Gasteiger charge is 2.59. The monoisotopic (exact) mass is 432 g/mol. The molecule has 9 heteroatoms. The van der Waals surface area contributed by atoms with Gasteiger partial charge >= 0.3 is 12.4 Å². The number of anilines is 1. The van der Waals surface area contributed by atoms with Gasteiger partial charge in [-0.1, -0.05) is 17.7 Å². The first kappa shape index (κ1) is 21.3. The van der Waals surface area contributed by atoms with E-state index in [2.05, 4.69) is 0 Å². The Bertz CT molecular complexity index is 956. The van der Waals surface area contributed by atoms with Crippen LogP contribution in [0.25, 0.3) is 0 Å². The van der Waals surface area contributed by atoms with Gasteiger partial charge in [-0.3, -0.25) is 0 Å². The number of halogens is 7. The molecule has 1 aliphatic rings. The fourth-order valence-corrected chi connectivity index (χ4v) is 4.02. The van der Waals surface area contributed by atoms with Crippen LogP contribution in [0.1, 0.15) is 28.7 Å². The van der Waals surface area contributed by atoms with E-state index in [1.165, 1.54) is 35.2 Å². The van der Waals surface area contributed by atoms with Crippen molar-refractivity contribution in [1.29, 1.82) is 5.26 Å². The molecular formula is C20H15ClF6N2. The molecule has 2 aromatic rings. The number of aryl methyl sites for hydroxylation is 1. The number of nitriles is 1. The van der Waals surface area contributed by atoms with Crippen molar-refractivity contribution in [3.63, 3.8) is 0 Å². The van der Waals surface area contributed by atoms with Gasteiger partial charge in [0.15, 0.2) is 0 Å². The number of nitrogens with zero attached hydrogens (tertiary/aromatic N) is 2. The summed E-state index contributed by atoms with van der Waals surface area (Å²) in [5, 5.41) is 9.07. The van der Waals surface area contributed by atoms with E-state index < -0.39 is 35.4 Å². The molecule has 0 bridgehead atoms. The molecule has 0 amide bonds. The van der Waals surface area contributed by atoms with E-state index in [0.29, 0.717) is 5.56 Å². The van der Waals surface area contributed by atoms with Gasteiger partial charge in [0, 0.05) is 23.8 Å². The lowest BCUT2D eigenvalue weighted by atomic mass is 9.78. The molecule has 1 saturated heterocycles. The first-order chi connectivity index (χ1) is 13.4. The summed E-state index contributed by atoms with van der Waals surface area (Å²) in [5.41, 5.74) is -3.46. The van der Waals surface area contributed by atoms with Crippen LogP contribution in [-0.2, 0) is 11.6 Å². The van der Waals surface area contributed by atoms with Gasteiger partial charge in [-0.05, 0) is 54.8 Å². The maximum atomic E-state index is 14.1. The molecule has 1 aliphatic heterocycles. The Morgan fingerprint density at radius 3 is 2.31 bits per heavy atom. The molecule has 3 rings (SSSR count). The van der Waals surface area contributed by atoms with Gasteiger partial charge < -0.3 is 4.90 Å². The minimum Gasteiger partial charge on any atom is -0.370 e. The fourth-order valence-electron chi connectivity index (χ4n) is 3.73. The molecule has 0 radical (unpaired) electrons. The van der Waals surface area contributed by atoms with Gasteiger partial charge in [-0.25, -0.2) is 0 Å². The Balaban J connectivity index is 2.05. The van der Waals surface area contributed by atoms with E-state index in [9.17, 15) is 26.3 Å². The van der Waals surface area contributed by atoms with Gasteiger partial charge in [0.25, 0.3) is 0 Å². The van der Waals surface area contributed by atoms with E-state index >= 15 is 0 Å². The van der Waals surface area contributed by atoms with Crippen molar-refractivity contribution in [2.24, 2.45) is 0 Å². The smallest absolute Gasteiger partial charge is 0.370 e. The molecule has 0 spiro atoms. The lowest BCUT2D eigenvalue weighted by Gasteiger charge is -2.33. The summed E-state index contributed by atoms with van der Waals surface area (Å²) in [6, 6.07) is 8.62. The third kappa shape index (κ3) is 3.88. The molecule has 1 unspecified atom stereocenters. The van der Waals surface area contributed by atoms with E-state index in [1.54, 1.807) is 6.92 Å².